The fourth-order valence-corrected chi connectivity index (χ4v) is 1.84. The molecule has 2 nitrogen and oxygen atoms in total. The molecule has 0 aliphatic carbocycles. The highest BCUT2D eigenvalue weighted by molar-refractivity contribution is 5.66. The molecule has 124 valence electrons. The molecular weight excluding hydrogens is 272 g/mol. The van der Waals surface area contributed by atoms with Gasteiger partial charge in [0, 0.05) is 7.79 Å². The van der Waals surface area contributed by atoms with E-state index in [4.69, 9.17) is 6.48 Å². The average Bonchev–Trinajstić information content (AvgIpc) is 2.52. The zero-order chi connectivity index (χ0) is 17.2. The zero-order valence-corrected chi connectivity index (χ0v) is 13.9. The van der Waals surface area contributed by atoms with Gasteiger partial charge in [0.15, 0.2) is 0 Å². The zero-order valence-electron chi connectivity index (χ0n) is 14.9. The molecule has 0 aromatic heterocycles. The minimum Gasteiger partial charge on any atom is -0.481 e. The first-order valence-corrected chi connectivity index (χ1v) is 8.44. The van der Waals surface area contributed by atoms with Crippen molar-refractivity contribution in [3.8, 4) is 0 Å². The summed E-state index contributed by atoms with van der Waals surface area (Å²) in [5.41, 5.74) is 0. The van der Waals surface area contributed by atoms with Crippen LogP contribution in [0.4, 0.5) is 0 Å². The van der Waals surface area contributed by atoms with E-state index in [9.17, 15) is 4.79 Å². The monoisotopic (exact) mass is 305 g/mol. The Morgan fingerprint density at radius 1 is 0.864 bits per heavy atom. The van der Waals surface area contributed by atoms with Gasteiger partial charge in [-0.2, -0.15) is 0 Å². The van der Waals surface area contributed by atoms with E-state index in [2.05, 4.69) is 31.2 Å². The molecule has 0 aromatic carbocycles. The molecule has 0 aromatic rings. The van der Waals surface area contributed by atoms with E-state index < -0.39 is 5.97 Å². The summed E-state index contributed by atoms with van der Waals surface area (Å²) in [7, 11) is 0. The van der Waals surface area contributed by atoms with Gasteiger partial charge in [-0.25, -0.2) is 0 Å². The van der Waals surface area contributed by atoms with Crippen LogP contribution in [0.2, 0.25) is 0 Å². The molecule has 0 fully saturated rings. The summed E-state index contributed by atoms with van der Waals surface area (Å²) < 4.78 is 7.84. The maximum atomic E-state index is 10.3. The summed E-state index contributed by atoms with van der Waals surface area (Å²) in [4.78, 5) is 10.3. The molecule has 1 N–H and O–H groups in total. The number of hydrogen-bond donors (Lipinski definition) is 1. The van der Waals surface area contributed by atoms with Gasteiger partial charge in [0.2, 0.25) is 0 Å². The van der Waals surface area contributed by atoms with E-state index in [1.165, 1.54) is 19.3 Å². The van der Waals surface area contributed by atoms with Crippen molar-refractivity contribution in [1.82, 2.24) is 0 Å². The Bertz CT molecular complexity index is 394. The molecule has 0 radical (unpaired) electrons. The quantitative estimate of drug-likeness (QED) is 0.306. The SMILES string of the molecule is [2H][C@@H](/C=C\C/C=C\C/C=C\CCCC(=O)O)/C=C\CCCCC. The van der Waals surface area contributed by atoms with Crippen molar-refractivity contribution in [3.05, 3.63) is 48.6 Å². The number of carbonyl (C=O) groups is 1. The van der Waals surface area contributed by atoms with E-state index in [1.807, 2.05) is 24.3 Å². The molecule has 0 bridgehead atoms. The Morgan fingerprint density at radius 3 is 2.09 bits per heavy atom. The number of rotatable bonds is 14. The highest BCUT2D eigenvalue weighted by Crippen LogP contribution is 2.01. The van der Waals surface area contributed by atoms with Crippen LogP contribution >= 0.6 is 0 Å². The number of hydrogen-bond acceptors (Lipinski definition) is 1. The van der Waals surface area contributed by atoms with Gasteiger partial charge in [0.1, 0.15) is 0 Å². The maximum absolute atomic E-state index is 10.3. The summed E-state index contributed by atoms with van der Waals surface area (Å²) in [5, 5.41) is 8.50. The Morgan fingerprint density at radius 2 is 1.41 bits per heavy atom. The molecule has 22 heavy (non-hydrogen) atoms. The lowest BCUT2D eigenvalue weighted by atomic mass is 10.2. The second kappa shape index (κ2) is 17.5. The Hall–Kier alpha value is -1.57. The molecule has 0 aliphatic rings. The van der Waals surface area contributed by atoms with Gasteiger partial charge in [-0.3, -0.25) is 4.79 Å². The van der Waals surface area contributed by atoms with Gasteiger partial charge in [0.25, 0.3) is 0 Å². The first kappa shape index (κ1) is 18.5. The first-order valence-electron chi connectivity index (χ1n) is 9.02. The summed E-state index contributed by atoms with van der Waals surface area (Å²) in [5.74, 6) is -0.728. The normalized spacial score (nSPS) is 14.5. The van der Waals surface area contributed by atoms with E-state index in [-0.39, 0.29) is 12.8 Å². The van der Waals surface area contributed by atoms with Gasteiger partial charge in [-0.1, -0.05) is 68.4 Å². The fraction of sp³-hybridized carbons (Fsp3) is 0.550. The van der Waals surface area contributed by atoms with Crippen LogP contribution in [0, 0.1) is 0 Å². The molecule has 0 saturated carbocycles. The van der Waals surface area contributed by atoms with Crippen molar-refractivity contribution >= 4 is 5.97 Å². The second-order valence-electron chi connectivity index (χ2n) is 5.24. The van der Waals surface area contributed by atoms with Crippen LogP contribution in [0.25, 0.3) is 0 Å². The van der Waals surface area contributed by atoms with Crippen LogP contribution in [0.3, 0.4) is 0 Å². The number of carboxylic acids is 1. The lowest BCUT2D eigenvalue weighted by Gasteiger charge is -1.90. The van der Waals surface area contributed by atoms with E-state index in [0.29, 0.717) is 6.42 Å². The standard InChI is InChI=1S/C20H32O2/c1-2-3-4-5-6-7-8-9-10-11-12-13-14-15-16-17-18-19-20(21)22/h6-7,9-10,12-13,15-16H,2-5,8,11,14,17-19H2,1H3,(H,21,22)/b7-6-,10-9-,13-12-,16-15-/i8D/t8-/m1/s1. The van der Waals surface area contributed by atoms with Gasteiger partial charge in [0.05, 0.1) is 0 Å². The van der Waals surface area contributed by atoms with Gasteiger partial charge in [-0.05, 0) is 44.9 Å². The summed E-state index contributed by atoms with van der Waals surface area (Å²) in [6, 6.07) is 0. The average molecular weight is 305 g/mol. The largest absolute Gasteiger partial charge is 0.481 e. The summed E-state index contributed by atoms with van der Waals surface area (Å²) in [6.07, 6.45) is 24.4. The molecule has 0 amide bonds. The molecule has 0 unspecified atom stereocenters. The minimum absolute atomic E-state index is 0.237. The van der Waals surface area contributed by atoms with Crippen LogP contribution in [-0.4, -0.2) is 11.1 Å². The molecule has 1 atom stereocenters. The first-order chi connectivity index (χ1) is 11.2. The number of unbranched alkanes of at least 4 members (excludes halogenated alkanes) is 4. The maximum Gasteiger partial charge on any atom is 0.303 e. The lowest BCUT2D eigenvalue weighted by molar-refractivity contribution is -0.137. The number of aliphatic carboxylic acids is 1. The minimum atomic E-state index is -0.728. The highest BCUT2D eigenvalue weighted by Gasteiger charge is 1.92. The van der Waals surface area contributed by atoms with Crippen LogP contribution < -0.4 is 0 Å². The smallest absolute Gasteiger partial charge is 0.303 e. The Labute approximate surface area is 137 Å². The Balaban J connectivity index is 3.60. The van der Waals surface area contributed by atoms with E-state index in [1.54, 1.807) is 0 Å². The van der Waals surface area contributed by atoms with Crippen molar-refractivity contribution < 1.29 is 11.3 Å². The topological polar surface area (TPSA) is 37.3 Å². The van der Waals surface area contributed by atoms with Crippen molar-refractivity contribution in [2.45, 2.75) is 71.1 Å². The molecule has 0 heterocycles. The van der Waals surface area contributed by atoms with Gasteiger partial charge < -0.3 is 5.11 Å². The summed E-state index contributed by atoms with van der Waals surface area (Å²) in [6.45, 7) is 2.20. The van der Waals surface area contributed by atoms with Crippen LogP contribution in [0.1, 0.15) is 72.5 Å². The third-order valence-corrected chi connectivity index (χ3v) is 3.11. The molecule has 0 spiro atoms. The predicted octanol–water partition coefficient (Wildman–Crippen LogP) is 6.22. The van der Waals surface area contributed by atoms with Crippen LogP contribution in [0.15, 0.2) is 48.6 Å². The highest BCUT2D eigenvalue weighted by atomic mass is 16.4. The number of allylic oxidation sites excluding steroid dienone is 8. The Kier molecular flexibility index (Phi) is 14.7. The van der Waals surface area contributed by atoms with Crippen LogP contribution in [0.5, 0.6) is 0 Å². The van der Waals surface area contributed by atoms with Gasteiger partial charge in [-0.15, -0.1) is 0 Å². The summed E-state index contributed by atoms with van der Waals surface area (Å²) >= 11 is 0. The molecule has 0 rings (SSSR count). The molecule has 0 aliphatic heterocycles. The van der Waals surface area contributed by atoms with Crippen LogP contribution in [-0.2, 0) is 4.79 Å². The third kappa shape index (κ3) is 18.4. The van der Waals surface area contributed by atoms with Gasteiger partial charge >= 0.3 is 5.97 Å². The van der Waals surface area contributed by atoms with Crippen molar-refractivity contribution in [2.24, 2.45) is 0 Å². The van der Waals surface area contributed by atoms with Crippen molar-refractivity contribution in [2.75, 3.05) is 0 Å². The molecular formula is C20H32O2. The molecule has 0 saturated heterocycles. The van der Waals surface area contributed by atoms with Crippen molar-refractivity contribution in [1.29, 1.82) is 0 Å². The third-order valence-electron chi connectivity index (χ3n) is 3.11. The second-order valence-corrected chi connectivity index (χ2v) is 5.24. The predicted molar refractivity (Wildman–Crippen MR) is 96.0 cm³/mol. The fourth-order valence-electron chi connectivity index (χ4n) is 1.84. The number of carboxylic acid groups (broad SMARTS) is 1. The van der Waals surface area contributed by atoms with Crippen molar-refractivity contribution in [3.63, 3.8) is 0 Å². The van der Waals surface area contributed by atoms with E-state index in [0.717, 1.165) is 25.7 Å². The lowest BCUT2D eigenvalue weighted by Crippen LogP contribution is -1.92. The van der Waals surface area contributed by atoms with E-state index >= 15 is 0 Å². The molecule has 2 heteroatoms.